The van der Waals surface area contributed by atoms with E-state index in [1.807, 2.05) is 31.2 Å². The van der Waals surface area contributed by atoms with Gasteiger partial charge in [0.15, 0.2) is 5.84 Å². The second-order valence-corrected chi connectivity index (χ2v) is 13.7. The van der Waals surface area contributed by atoms with Gasteiger partial charge in [0.25, 0.3) is 15.9 Å². The summed E-state index contributed by atoms with van der Waals surface area (Å²) in [6, 6.07) is 7.68. The summed E-state index contributed by atoms with van der Waals surface area (Å²) in [6.45, 7) is 2.11. The highest BCUT2D eigenvalue weighted by atomic mass is 32.2. The summed E-state index contributed by atoms with van der Waals surface area (Å²) >= 11 is 1.06. The number of fused-ring (bicyclic) bond motifs is 1. The Morgan fingerprint density at radius 2 is 1.94 bits per heavy atom. The maximum atomic E-state index is 13.7. The van der Waals surface area contributed by atoms with Gasteiger partial charge in [0.1, 0.15) is 21.2 Å². The first-order valence-corrected chi connectivity index (χ1v) is 15.6. The van der Waals surface area contributed by atoms with Crippen LogP contribution in [0.5, 0.6) is 0 Å². The molecule has 36 heavy (non-hydrogen) atoms. The minimum absolute atomic E-state index is 0.136. The van der Waals surface area contributed by atoms with Crippen molar-refractivity contribution >= 4 is 48.1 Å². The summed E-state index contributed by atoms with van der Waals surface area (Å²) in [6.07, 6.45) is 3.15. The number of aryl methyl sites for hydroxylation is 1. The zero-order valence-corrected chi connectivity index (χ0v) is 22.1. The van der Waals surface area contributed by atoms with Crippen molar-refractivity contribution in [1.82, 2.24) is 9.62 Å². The SMILES string of the molecule is Cc1ccc(CN2C(=O)C(C3=NS(=O)(=O)c4c(CNS(C)(=O)=O)csc4N3)=C(O)CC2C2CC2)cc1. The highest BCUT2D eigenvalue weighted by Gasteiger charge is 2.45. The van der Waals surface area contributed by atoms with Crippen LogP contribution < -0.4 is 10.0 Å². The molecule has 0 radical (unpaired) electrons. The van der Waals surface area contributed by atoms with Crippen LogP contribution in [0.15, 0.2) is 50.3 Å². The lowest BCUT2D eigenvalue weighted by Gasteiger charge is -2.37. The minimum atomic E-state index is -4.26. The fraction of sp³-hybridized carbons (Fsp3) is 0.391. The Kier molecular flexibility index (Phi) is 6.22. The number of hydrogen-bond donors (Lipinski definition) is 3. The topological polar surface area (TPSA) is 145 Å². The summed E-state index contributed by atoms with van der Waals surface area (Å²) < 4.78 is 55.3. The van der Waals surface area contributed by atoms with E-state index < -0.39 is 26.0 Å². The van der Waals surface area contributed by atoms with Crippen LogP contribution in [0.2, 0.25) is 0 Å². The number of anilines is 1. The summed E-state index contributed by atoms with van der Waals surface area (Å²) in [5.74, 6) is -0.589. The molecule has 0 spiro atoms. The fourth-order valence-electron chi connectivity index (χ4n) is 4.53. The first-order chi connectivity index (χ1) is 16.9. The lowest BCUT2D eigenvalue weighted by Crippen LogP contribution is -2.48. The molecule has 13 heteroatoms. The van der Waals surface area contributed by atoms with E-state index in [0.29, 0.717) is 12.5 Å². The van der Waals surface area contributed by atoms with Gasteiger partial charge >= 0.3 is 0 Å². The smallest absolute Gasteiger partial charge is 0.287 e. The third kappa shape index (κ3) is 4.92. The summed E-state index contributed by atoms with van der Waals surface area (Å²) in [5.41, 5.74) is 2.13. The Hall–Kier alpha value is -2.74. The van der Waals surface area contributed by atoms with Crippen LogP contribution in [0.25, 0.3) is 0 Å². The molecule has 1 aliphatic carbocycles. The van der Waals surface area contributed by atoms with Gasteiger partial charge in [-0.25, -0.2) is 13.1 Å². The number of amides is 1. The molecule has 3 aliphatic rings. The molecule has 1 amide bonds. The largest absolute Gasteiger partial charge is 0.511 e. The number of aliphatic hydroxyl groups is 1. The Labute approximate surface area is 213 Å². The highest BCUT2D eigenvalue weighted by Crippen LogP contribution is 2.43. The predicted molar refractivity (Wildman–Crippen MR) is 137 cm³/mol. The van der Waals surface area contributed by atoms with Gasteiger partial charge in [-0.05, 0) is 36.6 Å². The van der Waals surface area contributed by atoms with E-state index in [1.165, 1.54) is 5.38 Å². The van der Waals surface area contributed by atoms with Crippen molar-refractivity contribution in [2.75, 3.05) is 11.6 Å². The van der Waals surface area contributed by atoms with Crippen molar-refractivity contribution in [3.05, 3.63) is 57.7 Å². The van der Waals surface area contributed by atoms with Crippen molar-refractivity contribution in [2.45, 2.75) is 50.2 Å². The number of carbonyl (C=O) groups excluding carboxylic acids is 1. The van der Waals surface area contributed by atoms with Crippen LogP contribution in [-0.2, 0) is 37.9 Å². The lowest BCUT2D eigenvalue weighted by molar-refractivity contribution is -0.131. The van der Waals surface area contributed by atoms with Crippen LogP contribution in [0.4, 0.5) is 5.00 Å². The van der Waals surface area contributed by atoms with E-state index in [9.17, 15) is 26.7 Å². The van der Waals surface area contributed by atoms with E-state index in [0.717, 1.165) is 41.6 Å². The zero-order chi connectivity index (χ0) is 25.8. The molecule has 1 saturated carbocycles. The van der Waals surface area contributed by atoms with E-state index >= 15 is 0 Å². The number of amidine groups is 1. The molecule has 10 nitrogen and oxygen atoms in total. The second-order valence-electron chi connectivity index (χ2n) is 9.40. The molecule has 5 rings (SSSR count). The molecule has 2 aliphatic heterocycles. The number of hydrogen-bond acceptors (Lipinski definition) is 8. The van der Waals surface area contributed by atoms with Crippen molar-refractivity contribution in [3.8, 4) is 0 Å². The van der Waals surface area contributed by atoms with Gasteiger partial charge in [-0.1, -0.05) is 29.8 Å². The molecule has 3 heterocycles. The lowest BCUT2D eigenvalue weighted by atomic mass is 9.94. The molecule has 3 N–H and O–H groups in total. The molecule has 192 valence electrons. The second kappa shape index (κ2) is 8.98. The first-order valence-electron chi connectivity index (χ1n) is 11.4. The quantitative estimate of drug-likeness (QED) is 0.480. The Bertz CT molecular complexity index is 1500. The van der Waals surface area contributed by atoms with Gasteiger partial charge < -0.3 is 15.3 Å². The molecular weight excluding hydrogens is 524 g/mol. The molecule has 1 fully saturated rings. The Morgan fingerprint density at radius 3 is 2.58 bits per heavy atom. The number of thiophene rings is 1. The van der Waals surface area contributed by atoms with Crippen molar-refractivity contribution in [3.63, 3.8) is 0 Å². The minimum Gasteiger partial charge on any atom is -0.511 e. The van der Waals surface area contributed by atoms with E-state index in [-0.39, 0.29) is 51.6 Å². The maximum Gasteiger partial charge on any atom is 0.287 e. The predicted octanol–water partition coefficient (Wildman–Crippen LogP) is 2.64. The zero-order valence-electron chi connectivity index (χ0n) is 19.7. The summed E-state index contributed by atoms with van der Waals surface area (Å²) in [7, 11) is -7.79. The van der Waals surface area contributed by atoms with Gasteiger partial charge in [0.2, 0.25) is 10.0 Å². The van der Waals surface area contributed by atoms with Crippen LogP contribution in [0.3, 0.4) is 0 Å². The fourth-order valence-corrected chi connectivity index (χ4v) is 7.56. The molecule has 2 aromatic rings. The number of nitrogens with one attached hydrogen (secondary N) is 2. The molecule has 1 aromatic carbocycles. The number of aliphatic hydroxyl groups excluding tert-OH is 1. The molecule has 0 saturated heterocycles. The molecule has 1 aromatic heterocycles. The number of nitrogens with zero attached hydrogens (tertiary/aromatic N) is 2. The van der Waals surface area contributed by atoms with E-state index in [1.54, 1.807) is 4.90 Å². The Morgan fingerprint density at radius 1 is 1.25 bits per heavy atom. The first kappa shape index (κ1) is 24.9. The third-order valence-corrected chi connectivity index (χ3v) is 9.63. The highest BCUT2D eigenvalue weighted by molar-refractivity contribution is 7.91. The van der Waals surface area contributed by atoms with Gasteiger partial charge in [0, 0.05) is 31.1 Å². The van der Waals surface area contributed by atoms with Crippen LogP contribution in [0, 0.1) is 12.8 Å². The monoisotopic (exact) mass is 550 g/mol. The standard InChI is InChI=1S/C23H26N4O6S3/c1-13-3-5-14(6-4-13)11-27-17(15-7-8-15)9-18(28)19(23(27)29)21-25-22-20(36(32,33)26-21)16(12-34-22)10-24-35(2,30)31/h3-6,12,15,17,24,28H,7-11H2,1-2H3,(H,25,26). The summed E-state index contributed by atoms with van der Waals surface area (Å²) in [4.78, 5) is 15.3. The van der Waals surface area contributed by atoms with Crippen LogP contribution in [-0.4, -0.2) is 50.9 Å². The van der Waals surface area contributed by atoms with Gasteiger partial charge in [-0.2, -0.15) is 8.42 Å². The average Bonchev–Trinajstić information content (AvgIpc) is 3.54. The molecule has 1 atom stereocenters. The maximum absolute atomic E-state index is 13.7. The molecule has 1 unspecified atom stereocenters. The van der Waals surface area contributed by atoms with Gasteiger partial charge in [0.05, 0.1) is 6.26 Å². The molecule has 0 bridgehead atoms. The van der Waals surface area contributed by atoms with Crippen molar-refractivity contribution in [1.29, 1.82) is 0 Å². The third-order valence-electron chi connectivity index (χ3n) is 6.49. The molecular formula is C23H26N4O6S3. The van der Waals surface area contributed by atoms with E-state index in [2.05, 4.69) is 14.4 Å². The van der Waals surface area contributed by atoms with E-state index in [4.69, 9.17) is 0 Å². The number of rotatable bonds is 7. The van der Waals surface area contributed by atoms with Crippen molar-refractivity contribution < 1.29 is 26.7 Å². The van der Waals surface area contributed by atoms with Crippen LogP contribution in [0.1, 0.15) is 36.0 Å². The van der Waals surface area contributed by atoms with Gasteiger partial charge in [-0.15, -0.1) is 15.7 Å². The van der Waals surface area contributed by atoms with Gasteiger partial charge in [-0.3, -0.25) is 4.79 Å². The Balaban J connectivity index is 1.48. The normalized spacial score (nSPS) is 21.7. The number of sulfonamides is 2. The number of benzene rings is 1. The number of carbonyl (C=O) groups is 1. The average molecular weight is 551 g/mol. The van der Waals surface area contributed by atoms with Crippen molar-refractivity contribution in [2.24, 2.45) is 10.3 Å². The van der Waals surface area contributed by atoms with Crippen LogP contribution >= 0.6 is 11.3 Å². The summed E-state index contributed by atoms with van der Waals surface area (Å²) in [5, 5.41) is 15.5.